The summed E-state index contributed by atoms with van der Waals surface area (Å²) in [5.74, 6) is 0.705. The van der Waals surface area contributed by atoms with E-state index in [-0.39, 0.29) is 6.10 Å². The summed E-state index contributed by atoms with van der Waals surface area (Å²) in [4.78, 5) is 0. The van der Waals surface area contributed by atoms with Crippen LogP contribution in [0.5, 0.6) is 0 Å². The van der Waals surface area contributed by atoms with Crippen LogP contribution in [0.1, 0.15) is 27.2 Å². The first-order valence-corrected chi connectivity index (χ1v) is 8.32. The third kappa shape index (κ3) is 7.90. The normalized spacial score (nSPS) is 13.3. The Labute approximate surface area is 83.1 Å². The van der Waals surface area contributed by atoms with Gasteiger partial charge in [-0.15, -0.1) is 0 Å². The summed E-state index contributed by atoms with van der Waals surface area (Å²) in [6.45, 7) is 12.6. The maximum absolute atomic E-state index is 5.77. The second-order valence-electron chi connectivity index (χ2n) is 4.31. The molecule has 0 aromatic rings. The fraction of sp³-hybridized carbons (Fsp3) is 0.800. The van der Waals surface area contributed by atoms with Gasteiger partial charge in [0.05, 0.1) is 6.10 Å². The summed E-state index contributed by atoms with van der Waals surface area (Å²) >= 11 is 0. The molecule has 0 aliphatic rings. The molecular formula is C10H22O2Si. The molecule has 0 saturated heterocycles. The van der Waals surface area contributed by atoms with Crippen LogP contribution in [0.15, 0.2) is 12.0 Å². The second-order valence-corrected chi connectivity index (χ2v) is 8.74. The zero-order valence-corrected chi connectivity index (χ0v) is 10.7. The molecule has 0 aliphatic carbocycles. The minimum atomic E-state index is -1.52. The van der Waals surface area contributed by atoms with E-state index in [0.717, 1.165) is 6.42 Å². The van der Waals surface area contributed by atoms with E-state index in [2.05, 4.69) is 26.6 Å². The summed E-state index contributed by atoms with van der Waals surface area (Å²) in [7, 11) is -1.52. The van der Waals surface area contributed by atoms with Crippen LogP contribution >= 0.6 is 0 Å². The molecule has 0 radical (unpaired) electrons. The lowest BCUT2D eigenvalue weighted by atomic mass is 10.4. The molecule has 0 bridgehead atoms. The van der Waals surface area contributed by atoms with Gasteiger partial charge in [-0.1, -0.05) is 6.92 Å². The molecular weight excluding hydrogens is 180 g/mol. The SMILES string of the molecule is CC/C=C(\OC(C)C)O[Si](C)(C)C. The predicted octanol–water partition coefficient (Wildman–Crippen LogP) is 3.51. The molecule has 0 saturated carbocycles. The van der Waals surface area contributed by atoms with Crippen LogP contribution in [0.4, 0.5) is 0 Å². The predicted molar refractivity (Wildman–Crippen MR) is 59.0 cm³/mol. The molecule has 0 aliphatic heterocycles. The van der Waals surface area contributed by atoms with Crippen molar-refractivity contribution in [1.29, 1.82) is 0 Å². The van der Waals surface area contributed by atoms with Gasteiger partial charge in [0, 0.05) is 0 Å². The van der Waals surface area contributed by atoms with Gasteiger partial charge < -0.3 is 9.16 Å². The minimum Gasteiger partial charge on any atom is -0.520 e. The van der Waals surface area contributed by atoms with Gasteiger partial charge in [0.2, 0.25) is 8.32 Å². The topological polar surface area (TPSA) is 18.5 Å². The molecule has 3 heteroatoms. The van der Waals surface area contributed by atoms with Crippen molar-refractivity contribution >= 4 is 8.32 Å². The molecule has 0 amide bonds. The van der Waals surface area contributed by atoms with Crippen molar-refractivity contribution < 1.29 is 9.16 Å². The first-order valence-electron chi connectivity index (χ1n) is 4.91. The molecule has 0 aromatic carbocycles. The highest BCUT2D eigenvalue weighted by atomic mass is 28.4. The number of ether oxygens (including phenoxy) is 1. The summed E-state index contributed by atoms with van der Waals surface area (Å²) in [6, 6.07) is 0. The van der Waals surface area contributed by atoms with Crippen molar-refractivity contribution in [3.63, 3.8) is 0 Å². The smallest absolute Gasteiger partial charge is 0.261 e. The molecule has 0 fully saturated rings. The van der Waals surface area contributed by atoms with E-state index >= 15 is 0 Å². The Morgan fingerprint density at radius 2 is 1.85 bits per heavy atom. The Morgan fingerprint density at radius 1 is 1.31 bits per heavy atom. The van der Waals surface area contributed by atoms with Crippen LogP contribution in [0, 0.1) is 0 Å². The van der Waals surface area contributed by atoms with Crippen LogP contribution in [0.25, 0.3) is 0 Å². The van der Waals surface area contributed by atoms with E-state index in [1.807, 2.05) is 19.9 Å². The zero-order chi connectivity index (χ0) is 10.5. The molecule has 2 nitrogen and oxygen atoms in total. The maximum atomic E-state index is 5.77. The highest BCUT2D eigenvalue weighted by Crippen LogP contribution is 2.13. The van der Waals surface area contributed by atoms with Crippen LogP contribution in [-0.4, -0.2) is 14.4 Å². The van der Waals surface area contributed by atoms with E-state index in [1.54, 1.807) is 0 Å². The standard InChI is InChI=1S/C10H22O2Si/c1-7-8-10(11-9(2)3)12-13(4,5)6/h8-9H,7H2,1-6H3/b10-8+. The maximum Gasteiger partial charge on any atom is 0.261 e. The molecule has 78 valence electrons. The number of allylic oxidation sites excluding steroid dienone is 1. The zero-order valence-electron chi connectivity index (χ0n) is 9.68. The fourth-order valence-corrected chi connectivity index (χ4v) is 1.55. The largest absolute Gasteiger partial charge is 0.520 e. The summed E-state index contributed by atoms with van der Waals surface area (Å²) in [5, 5.41) is 0. The Kier molecular flexibility index (Phi) is 5.14. The van der Waals surface area contributed by atoms with Gasteiger partial charge >= 0.3 is 0 Å². The van der Waals surface area contributed by atoms with Gasteiger partial charge in [-0.25, -0.2) is 0 Å². The summed E-state index contributed by atoms with van der Waals surface area (Å²) < 4.78 is 11.3. The Hall–Kier alpha value is -0.443. The van der Waals surface area contributed by atoms with Gasteiger partial charge in [0.25, 0.3) is 5.95 Å². The molecule has 0 unspecified atom stereocenters. The molecule has 0 atom stereocenters. The van der Waals surface area contributed by atoms with Gasteiger partial charge in [0.15, 0.2) is 0 Å². The van der Waals surface area contributed by atoms with Gasteiger partial charge in [-0.3, -0.25) is 0 Å². The third-order valence-corrected chi connectivity index (χ3v) is 1.94. The molecule has 0 aromatic heterocycles. The number of hydrogen-bond donors (Lipinski definition) is 0. The van der Waals surface area contributed by atoms with Crippen molar-refractivity contribution in [2.45, 2.75) is 52.9 Å². The molecule has 13 heavy (non-hydrogen) atoms. The molecule has 0 rings (SSSR count). The van der Waals surface area contributed by atoms with Crippen molar-refractivity contribution in [3.05, 3.63) is 12.0 Å². The van der Waals surface area contributed by atoms with E-state index in [4.69, 9.17) is 9.16 Å². The van der Waals surface area contributed by atoms with E-state index in [9.17, 15) is 0 Å². The molecule has 0 N–H and O–H groups in total. The Morgan fingerprint density at radius 3 is 2.15 bits per heavy atom. The third-order valence-electron chi connectivity index (χ3n) is 1.13. The van der Waals surface area contributed by atoms with Crippen LogP contribution in [0.3, 0.4) is 0 Å². The highest BCUT2D eigenvalue weighted by Gasteiger charge is 2.18. The van der Waals surface area contributed by atoms with Crippen molar-refractivity contribution in [2.24, 2.45) is 0 Å². The quantitative estimate of drug-likeness (QED) is 0.502. The number of rotatable bonds is 5. The molecule has 0 heterocycles. The van der Waals surface area contributed by atoms with E-state index in [0.29, 0.717) is 5.95 Å². The van der Waals surface area contributed by atoms with Crippen LogP contribution in [0.2, 0.25) is 19.6 Å². The van der Waals surface area contributed by atoms with Gasteiger partial charge in [0.1, 0.15) is 0 Å². The lowest BCUT2D eigenvalue weighted by Gasteiger charge is -2.23. The Bertz CT molecular complexity index is 168. The highest BCUT2D eigenvalue weighted by molar-refractivity contribution is 6.69. The van der Waals surface area contributed by atoms with Gasteiger partial charge in [-0.2, -0.15) is 0 Å². The summed E-state index contributed by atoms with van der Waals surface area (Å²) in [6.07, 6.45) is 3.14. The number of hydrogen-bond acceptors (Lipinski definition) is 2. The minimum absolute atomic E-state index is 0.189. The fourth-order valence-electron chi connectivity index (χ4n) is 0.815. The van der Waals surface area contributed by atoms with Crippen LogP contribution < -0.4 is 0 Å². The lowest BCUT2D eigenvalue weighted by molar-refractivity contribution is 0.0591. The summed E-state index contributed by atoms with van der Waals surface area (Å²) in [5.41, 5.74) is 0. The van der Waals surface area contributed by atoms with Crippen molar-refractivity contribution in [2.75, 3.05) is 0 Å². The first-order chi connectivity index (χ1) is 5.85. The average Bonchev–Trinajstić information content (AvgIpc) is 1.81. The molecule has 0 spiro atoms. The first kappa shape index (κ1) is 12.6. The van der Waals surface area contributed by atoms with E-state index in [1.165, 1.54) is 0 Å². The Balaban J connectivity index is 4.19. The lowest BCUT2D eigenvalue weighted by Crippen LogP contribution is -2.26. The second kappa shape index (κ2) is 5.32. The van der Waals surface area contributed by atoms with Crippen molar-refractivity contribution in [1.82, 2.24) is 0 Å². The average molecular weight is 202 g/mol. The van der Waals surface area contributed by atoms with Crippen molar-refractivity contribution in [3.8, 4) is 0 Å². The van der Waals surface area contributed by atoms with Crippen LogP contribution in [-0.2, 0) is 9.16 Å². The monoisotopic (exact) mass is 202 g/mol. The van der Waals surface area contributed by atoms with Gasteiger partial charge in [-0.05, 0) is 46.0 Å². The van der Waals surface area contributed by atoms with E-state index < -0.39 is 8.32 Å².